The van der Waals surface area contributed by atoms with Crippen molar-refractivity contribution in [3.05, 3.63) is 45.5 Å². The predicted molar refractivity (Wildman–Crippen MR) is 92.9 cm³/mol. The second-order valence-electron chi connectivity index (χ2n) is 6.36. The average molecular weight is 390 g/mol. The summed E-state index contributed by atoms with van der Waals surface area (Å²) in [6.07, 6.45) is -0.961. The van der Waals surface area contributed by atoms with Gasteiger partial charge in [0.05, 0.1) is 16.9 Å². The molecule has 1 heterocycles. The Morgan fingerprint density at radius 1 is 1.43 bits per heavy atom. The molecule has 0 radical (unpaired) electrons. The van der Waals surface area contributed by atoms with Gasteiger partial charge in [0.25, 0.3) is 11.5 Å². The summed E-state index contributed by atoms with van der Waals surface area (Å²) in [5.74, 6) is -3.03. The van der Waals surface area contributed by atoms with Crippen LogP contribution in [0.2, 0.25) is 0 Å². The zero-order valence-electron chi connectivity index (χ0n) is 14.9. The van der Waals surface area contributed by atoms with Crippen LogP contribution in [0.4, 0.5) is 5.69 Å². The van der Waals surface area contributed by atoms with Gasteiger partial charge in [-0.15, -0.1) is 0 Å². The SMILES string of the molecule is C[C@@H](O)[C@@H]1C[C@@H](CC(=O)C(=[N+]=[N-])C(=O)OCc2ccc([N+](=O)[O-])cc2)NC1=O. The van der Waals surface area contributed by atoms with Gasteiger partial charge in [-0.1, -0.05) is 0 Å². The lowest BCUT2D eigenvalue weighted by Crippen LogP contribution is -2.34. The summed E-state index contributed by atoms with van der Waals surface area (Å²) in [4.78, 5) is 48.6. The van der Waals surface area contributed by atoms with Gasteiger partial charge in [0.1, 0.15) is 6.61 Å². The van der Waals surface area contributed by atoms with E-state index in [2.05, 4.69) is 10.1 Å². The normalized spacial score (nSPS) is 19.3. The van der Waals surface area contributed by atoms with Gasteiger partial charge in [0.2, 0.25) is 5.91 Å². The van der Waals surface area contributed by atoms with Gasteiger partial charge in [-0.05, 0) is 31.0 Å². The largest absolute Gasteiger partial charge is 0.452 e. The maximum absolute atomic E-state index is 12.2. The van der Waals surface area contributed by atoms with Crippen molar-refractivity contribution in [2.24, 2.45) is 5.92 Å². The lowest BCUT2D eigenvalue weighted by molar-refractivity contribution is -0.384. The monoisotopic (exact) mass is 390 g/mol. The van der Waals surface area contributed by atoms with E-state index in [1.165, 1.54) is 31.2 Å². The third-order valence-corrected chi connectivity index (χ3v) is 4.31. The molecule has 2 N–H and O–H groups in total. The number of carbonyl (C=O) groups excluding carboxylic acids is 3. The van der Waals surface area contributed by atoms with Crippen LogP contribution in [0.5, 0.6) is 0 Å². The number of amides is 1. The fourth-order valence-electron chi connectivity index (χ4n) is 2.79. The van der Waals surface area contributed by atoms with E-state index in [-0.39, 0.29) is 25.1 Å². The molecular formula is C17H18N4O7. The topological polar surface area (TPSA) is 172 Å². The van der Waals surface area contributed by atoms with E-state index in [1.54, 1.807) is 0 Å². The molecule has 1 aromatic carbocycles. The van der Waals surface area contributed by atoms with Crippen molar-refractivity contribution in [1.82, 2.24) is 5.32 Å². The summed E-state index contributed by atoms with van der Waals surface area (Å²) in [6.45, 7) is 1.18. The Morgan fingerprint density at radius 2 is 2.07 bits per heavy atom. The maximum Gasteiger partial charge on any atom is 0.441 e. The molecule has 1 aliphatic heterocycles. The van der Waals surface area contributed by atoms with Crippen molar-refractivity contribution in [1.29, 1.82) is 0 Å². The summed E-state index contributed by atoms with van der Waals surface area (Å²) in [6, 6.07) is 4.63. The molecule has 0 spiro atoms. The van der Waals surface area contributed by atoms with Gasteiger partial charge in [0.15, 0.2) is 0 Å². The molecule has 0 saturated carbocycles. The van der Waals surface area contributed by atoms with Crippen LogP contribution in [0.1, 0.15) is 25.3 Å². The standard InChI is InChI=1S/C17H18N4O7/c1-9(22)13-6-11(19-16(13)24)7-14(23)15(20-18)17(25)28-8-10-2-4-12(5-3-10)21(26)27/h2-5,9,11,13,22H,6-8H2,1H3,(H,19,24)/t9-,11+,13+/m1/s1. The van der Waals surface area contributed by atoms with E-state index in [0.29, 0.717) is 5.56 Å². The zero-order valence-corrected chi connectivity index (χ0v) is 14.9. The first-order chi connectivity index (χ1) is 13.2. The number of nitrogens with zero attached hydrogens (tertiary/aromatic N) is 3. The van der Waals surface area contributed by atoms with E-state index in [9.17, 15) is 29.6 Å². The van der Waals surface area contributed by atoms with Gasteiger partial charge >= 0.3 is 11.7 Å². The van der Waals surface area contributed by atoms with E-state index in [1.807, 2.05) is 0 Å². The maximum atomic E-state index is 12.2. The van der Waals surface area contributed by atoms with Crippen molar-refractivity contribution >= 4 is 29.1 Å². The van der Waals surface area contributed by atoms with E-state index in [4.69, 9.17) is 10.3 Å². The van der Waals surface area contributed by atoms with Crippen LogP contribution in [0.25, 0.3) is 5.53 Å². The van der Waals surface area contributed by atoms with Crippen LogP contribution in [-0.4, -0.2) is 50.3 Å². The van der Waals surface area contributed by atoms with Gasteiger partial charge in [-0.2, -0.15) is 4.79 Å². The van der Waals surface area contributed by atoms with Crippen LogP contribution < -0.4 is 5.32 Å². The highest BCUT2D eigenvalue weighted by atomic mass is 16.6. The number of ketones is 1. The number of nitro benzene ring substituents is 1. The van der Waals surface area contributed by atoms with Crippen LogP contribution in [0.15, 0.2) is 24.3 Å². The number of hydrogen-bond donors (Lipinski definition) is 2. The minimum absolute atomic E-state index is 0.128. The molecule has 1 saturated heterocycles. The molecule has 2 rings (SSSR count). The van der Waals surface area contributed by atoms with E-state index >= 15 is 0 Å². The molecule has 148 valence electrons. The summed E-state index contributed by atoms with van der Waals surface area (Å²) < 4.78 is 4.90. The Hall–Kier alpha value is -3.43. The fraction of sp³-hybridized carbons (Fsp3) is 0.412. The van der Waals surface area contributed by atoms with Crippen LogP contribution in [0, 0.1) is 16.0 Å². The van der Waals surface area contributed by atoms with Crippen LogP contribution >= 0.6 is 0 Å². The highest BCUT2D eigenvalue weighted by Gasteiger charge is 2.39. The minimum Gasteiger partial charge on any atom is -0.452 e. The summed E-state index contributed by atoms with van der Waals surface area (Å²) in [7, 11) is 0. The second-order valence-corrected chi connectivity index (χ2v) is 6.36. The van der Waals surface area contributed by atoms with Crippen LogP contribution in [-0.2, 0) is 25.7 Å². The fourth-order valence-corrected chi connectivity index (χ4v) is 2.79. The number of nitro groups is 1. The molecule has 0 aromatic heterocycles. The van der Waals surface area contributed by atoms with Crippen molar-refractivity contribution < 1.29 is 33.9 Å². The molecule has 11 heteroatoms. The van der Waals surface area contributed by atoms with Gasteiger partial charge in [-0.3, -0.25) is 19.7 Å². The molecule has 1 amide bonds. The Morgan fingerprint density at radius 3 is 2.57 bits per heavy atom. The highest BCUT2D eigenvalue weighted by molar-refractivity contribution is 6.62. The molecule has 1 fully saturated rings. The number of hydrogen-bond acceptors (Lipinski definition) is 7. The number of Topliss-reactive ketones (excluding diaryl/α,β-unsaturated/α-hetero) is 1. The zero-order chi connectivity index (χ0) is 20.8. The van der Waals surface area contributed by atoms with Crippen molar-refractivity contribution in [3.63, 3.8) is 0 Å². The third-order valence-electron chi connectivity index (χ3n) is 4.31. The number of esters is 1. The number of benzene rings is 1. The quantitative estimate of drug-likeness (QED) is 0.121. The van der Waals surface area contributed by atoms with Crippen molar-refractivity contribution in [2.75, 3.05) is 0 Å². The number of rotatable bonds is 8. The molecular weight excluding hydrogens is 372 g/mol. The molecule has 28 heavy (non-hydrogen) atoms. The molecule has 3 atom stereocenters. The summed E-state index contributed by atoms with van der Waals surface area (Å²) >= 11 is 0. The Kier molecular flexibility index (Phi) is 6.69. The summed E-state index contributed by atoms with van der Waals surface area (Å²) in [5.41, 5.74) is 8.48. The average Bonchev–Trinajstić information content (AvgIpc) is 3.01. The Labute approximate surface area is 159 Å². The predicted octanol–water partition coefficient (Wildman–Crippen LogP) is 0.153. The number of non-ortho nitro benzene ring substituents is 1. The second kappa shape index (κ2) is 8.98. The van der Waals surface area contributed by atoms with Crippen molar-refractivity contribution in [2.45, 2.75) is 38.5 Å². The van der Waals surface area contributed by atoms with Gasteiger partial charge in [-0.25, -0.2) is 4.79 Å². The highest BCUT2D eigenvalue weighted by Crippen LogP contribution is 2.21. The molecule has 0 unspecified atom stereocenters. The molecule has 0 aliphatic carbocycles. The lowest BCUT2D eigenvalue weighted by atomic mass is 9.97. The first kappa shape index (κ1) is 20.9. The molecule has 1 aliphatic rings. The van der Waals surface area contributed by atoms with Gasteiger partial charge in [0, 0.05) is 24.6 Å². The van der Waals surface area contributed by atoms with Gasteiger partial charge < -0.3 is 20.7 Å². The summed E-state index contributed by atoms with van der Waals surface area (Å²) in [5, 5.41) is 22.7. The van der Waals surface area contributed by atoms with Crippen LogP contribution in [0.3, 0.4) is 0 Å². The van der Waals surface area contributed by atoms with E-state index in [0.717, 1.165) is 0 Å². The van der Waals surface area contributed by atoms with E-state index < -0.39 is 46.4 Å². The number of aliphatic hydroxyl groups excluding tert-OH is 1. The lowest BCUT2D eigenvalue weighted by Gasteiger charge is -2.09. The van der Waals surface area contributed by atoms with Crippen molar-refractivity contribution in [3.8, 4) is 0 Å². The first-order valence-electron chi connectivity index (χ1n) is 8.37. The Bertz CT molecular complexity index is 844. The first-order valence-corrected chi connectivity index (χ1v) is 8.37. The molecule has 0 bridgehead atoms. The smallest absolute Gasteiger partial charge is 0.441 e. The number of ether oxygens (including phenoxy) is 1. The molecule has 1 aromatic rings. The number of aliphatic hydroxyl groups is 1. The Balaban J connectivity index is 1.92. The number of carbonyl (C=O) groups is 3. The number of nitrogens with one attached hydrogen (secondary N) is 1. The third kappa shape index (κ3) is 5.06. The molecule has 11 nitrogen and oxygen atoms in total. The minimum atomic E-state index is -1.16.